The van der Waals surface area contributed by atoms with Gasteiger partial charge in [-0.3, -0.25) is 0 Å². The first-order valence-corrected chi connectivity index (χ1v) is 9.93. The average Bonchev–Trinajstić information content (AvgIpc) is 3.30. The molecule has 1 N–H and O–H groups in total. The van der Waals surface area contributed by atoms with Crippen molar-refractivity contribution >= 4 is 5.82 Å². The molecule has 5 rings (SSSR count). The van der Waals surface area contributed by atoms with Gasteiger partial charge in [0.05, 0.1) is 12.3 Å². The summed E-state index contributed by atoms with van der Waals surface area (Å²) < 4.78 is 5.56. The Morgan fingerprint density at radius 2 is 2.04 bits per heavy atom. The van der Waals surface area contributed by atoms with Crippen molar-refractivity contribution in [3.63, 3.8) is 0 Å². The van der Waals surface area contributed by atoms with Crippen molar-refractivity contribution in [2.24, 2.45) is 0 Å². The average molecular weight is 366 g/mol. The van der Waals surface area contributed by atoms with E-state index in [0.717, 1.165) is 59.9 Å². The number of phenolic OH excluding ortho intramolecular Hbond substituents is 1. The summed E-state index contributed by atoms with van der Waals surface area (Å²) in [4.78, 5) is 4.86. The van der Waals surface area contributed by atoms with Gasteiger partial charge in [-0.05, 0) is 57.5 Å². The molecule has 1 atom stereocenters. The van der Waals surface area contributed by atoms with Gasteiger partial charge < -0.3 is 19.6 Å². The predicted molar refractivity (Wildman–Crippen MR) is 105 cm³/mol. The summed E-state index contributed by atoms with van der Waals surface area (Å²) in [5.41, 5.74) is 4.87. The lowest BCUT2D eigenvalue weighted by molar-refractivity contribution is 0.245. The quantitative estimate of drug-likeness (QED) is 0.881. The molecule has 3 aliphatic rings. The molecular weight excluding hydrogens is 340 g/mol. The third kappa shape index (κ3) is 2.65. The van der Waals surface area contributed by atoms with Crippen molar-refractivity contribution in [1.29, 1.82) is 0 Å². The smallest absolute Gasteiger partial charge is 0.155 e. The zero-order chi connectivity index (χ0) is 18.5. The minimum Gasteiger partial charge on any atom is -0.507 e. The third-order valence-corrected chi connectivity index (χ3v) is 6.34. The number of hydrogen-bond acceptors (Lipinski definition) is 6. The lowest BCUT2D eigenvalue weighted by Gasteiger charge is -2.36. The van der Waals surface area contributed by atoms with Gasteiger partial charge >= 0.3 is 0 Å². The molecule has 1 aromatic carbocycles. The van der Waals surface area contributed by atoms with E-state index in [0.29, 0.717) is 18.4 Å². The molecule has 6 heteroatoms. The molecule has 1 fully saturated rings. The van der Waals surface area contributed by atoms with E-state index in [1.165, 1.54) is 24.9 Å². The number of fused-ring (bicyclic) bond motifs is 2. The number of anilines is 1. The number of hydrogen-bond donors (Lipinski definition) is 1. The maximum absolute atomic E-state index is 10.8. The fourth-order valence-corrected chi connectivity index (χ4v) is 4.87. The Hall–Kier alpha value is -2.34. The number of ether oxygens (including phenoxy) is 1. The second-order valence-corrected chi connectivity index (χ2v) is 8.01. The third-order valence-electron chi connectivity index (χ3n) is 6.34. The highest BCUT2D eigenvalue weighted by molar-refractivity contribution is 5.76. The molecule has 0 spiro atoms. The molecule has 0 unspecified atom stereocenters. The molecular formula is C21H26N4O2. The first-order valence-electron chi connectivity index (χ1n) is 9.93. The molecule has 3 aliphatic heterocycles. The maximum atomic E-state index is 10.8. The van der Waals surface area contributed by atoms with Crippen LogP contribution in [0.4, 0.5) is 5.82 Å². The van der Waals surface area contributed by atoms with Gasteiger partial charge in [0, 0.05) is 42.2 Å². The molecule has 2 aromatic rings. The van der Waals surface area contributed by atoms with Gasteiger partial charge in [0.25, 0.3) is 0 Å². The molecule has 0 saturated carbocycles. The Bertz CT molecular complexity index is 898. The van der Waals surface area contributed by atoms with Crippen molar-refractivity contribution in [2.75, 3.05) is 38.2 Å². The maximum Gasteiger partial charge on any atom is 0.155 e. The van der Waals surface area contributed by atoms with Gasteiger partial charge in [0.15, 0.2) is 5.82 Å². The minimum atomic E-state index is 0.297. The van der Waals surface area contributed by atoms with E-state index < -0.39 is 0 Å². The van der Waals surface area contributed by atoms with E-state index in [2.05, 4.69) is 34.0 Å². The highest BCUT2D eigenvalue weighted by Gasteiger charge is 2.32. The van der Waals surface area contributed by atoms with E-state index in [9.17, 15) is 5.11 Å². The van der Waals surface area contributed by atoms with Crippen molar-refractivity contribution in [2.45, 2.75) is 38.6 Å². The van der Waals surface area contributed by atoms with Crippen molar-refractivity contribution in [3.05, 3.63) is 28.8 Å². The highest BCUT2D eigenvalue weighted by Crippen LogP contribution is 2.42. The van der Waals surface area contributed by atoms with E-state index in [-0.39, 0.29) is 0 Å². The number of aromatic hydroxyl groups is 1. The molecule has 27 heavy (non-hydrogen) atoms. The van der Waals surface area contributed by atoms with Crippen LogP contribution in [-0.4, -0.2) is 59.5 Å². The van der Waals surface area contributed by atoms with Crippen LogP contribution in [0.3, 0.4) is 0 Å². The Balaban J connectivity index is 1.52. The Morgan fingerprint density at radius 1 is 1.15 bits per heavy atom. The molecule has 142 valence electrons. The van der Waals surface area contributed by atoms with Crippen LogP contribution in [-0.2, 0) is 12.8 Å². The molecule has 4 heterocycles. The monoisotopic (exact) mass is 366 g/mol. The SMILES string of the molecule is Cc1c(-c2ccc3c(c2O)CCO3)nnc2c1CCN2[C@@H]1CCCN(C)C1. The summed E-state index contributed by atoms with van der Waals surface area (Å²) in [5.74, 6) is 2.13. The number of phenols is 1. The van der Waals surface area contributed by atoms with Gasteiger partial charge in [-0.1, -0.05) is 0 Å². The molecule has 0 amide bonds. The van der Waals surface area contributed by atoms with Crippen LogP contribution in [0.2, 0.25) is 0 Å². The summed E-state index contributed by atoms with van der Waals surface area (Å²) in [5, 5.41) is 19.9. The number of benzene rings is 1. The minimum absolute atomic E-state index is 0.297. The number of rotatable bonds is 2. The van der Waals surface area contributed by atoms with Crippen LogP contribution in [0.25, 0.3) is 11.3 Å². The number of aromatic nitrogens is 2. The number of likely N-dealkylation sites (N-methyl/N-ethyl adjacent to an activating group) is 1. The lowest BCUT2D eigenvalue weighted by Crippen LogP contribution is -2.46. The van der Waals surface area contributed by atoms with Crippen LogP contribution in [0, 0.1) is 6.92 Å². The van der Waals surface area contributed by atoms with Crippen LogP contribution >= 0.6 is 0 Å². The van der Waals surface area contributed by atoms with Crippen molar-refractivity contribution in [1.82, 2.24) is 15.1 Å². The second-order valence-electron chi connectivity index (χ2n) is 8.01. The van der Waals surface area contributed by atoms with Gasteiger partial charge in [0.1, 0.15) is 11.5 Å². The first kappa shape index (κ1) is 16.8. The van der Waals surface area contributed by atoms with Crippen molar-refractivity contribution < 1.29 is 9.84 Å². The van der Waals surface area contributed by atoms with Crippen molar-refractivity contribution in [3.8, 4) is 22.8 Å². The van der Waals surface area contributed by atoms with Crippen LogP contribution in [0.1, 0.15) is 29.5 Å². The standard InChI is InChI=1S/C21H26N4O2/c1-13-15-7-10-25(14-4-3-9-24(2)12-14)21(15)23-22-19(13)17-5-6-18-16(20(17)26)8-11-27-18/h5-6,14,26H,3-4,7-12H2,1-2H3/t14-/m1/s1. The van der Waals surface area contributed by atoms with Crippen LogP contribution < -0.4 is 9.64 Å². The predicted octanol–water partition coefficient (Wildman–Crippen LogP) is 2.55. The number of likely N-dealkylation sites (tertiary alicyclic amines) is 1. The van der Waals surface area contributed by atoms with E-state index >= 15 is 0 Å². The molecule has 0 radical (unpaired) electrons. The zero-order valence-corrected chi connectivity index (χ0v) is 16.0. The fourth-order valence-electron chi connectivity index (χ4n) is 4.87. The fraction of sp³-hybridized carbons (Fsp3) is 0.524. The Labute approximate surface area is 159 Å². The van der Waals surface area contributed by atoms with Gasteiger partial charge in [-0.2, -0.15) is 0 Å². The number of piperidine rings is 1. The summed E-state index contributed by atoms with van der Waals surface area (Å²) >= 11 is 0. The normalized spacial score (nSPS) is 21.9. The molecule has 1 saturated heterocycles. The summed E-state index contributed by atoms with van der Waals surface area (Å²) in [6, 6.07) is 4.37. The van der Waals surface area contributed by atoms with E-state index in [4.69, 9.17) is 4.74 Å². The summed E-state index contributed by atoms with van der Waals surface area (Å²) in [7, 11) is 2.20. The van der Waals surface area contributed by atoms with E-state index in [1.807, 2.05) is 12.1 Å². The van der Waals surface area contributed by atoms with Gasteiger partial charge in [0.2, 0.25) is 0 Å². The number of nitrogens with zero attached hydrogens (tertiary/aromatic N) is 4. The van der Waals surface area contributed by atoms with Gasteiger partial charge in [-0.25, -0.2) is 0 Å². The molecule has 6 nitrogen and oxygen atoms in total. The van der Waals surface area contributed by atoms with Gasteiger partial charge in [-0.15, -0.1) is 10.2 Å². The van der Waals surface area contributed by atoms with E-state index in [1.54, 1.807) is 0 Å². The second kappa shape index (κ2) is 6.37. The molecule has 0 aliphatic carbocycles. The largest absolute Gasteiger partial charge is 0.507 e. The first-order chi connectivity index (χ1) is 13.1. The van der Waals surface area contributed by atoms with Crippen LogP contribution in [0.5, 0.6) is 11.5 Å². The lowest BCUT2D eigenvalue weighted by atomic mass is 9.98. The summed E-state index contributed by atoms with van der Waals surface area (Å²) in [6.07, 6.45) is 4.20. The Kier molecular flexibility index (Phi) is 3.97. The zero-order valence-electron chi connectivity index (χ0n) is 16.0. The molecule has 0 bridgehead atoms. The Morgan fingerprint density at radius 3 is 2.89 bits per heavy atom. The topological polar surface area (TPSA) is 61.7 Å². The highest BCUT2D eigenvalue weighted by atomic mass is 16.5. The molecule has 1 aromatic heterocycles. The van der Waals surface area contributed by atoms with Crippen LogP contribution in [0.15, 0.2) is 12.1 Å². The summed E-state index contributed by atoms with van der Waals surface area (Å²) in [6.45, 7) is 6.03.